The highest BCUT2D eigenvalue weighted by molar-refractivity contribution is 7.92. The normalized spacial score (nSPS) is 15.0. The Morgan fingerprint density at radius 1 is 0.955 bits per heavy atom. The summed E-state index contributed by atoms with van der Waals surface area (Å²) in [7, 11) is -4.60. The third kappa shape index (κ3) is 8.25. The summed E-state index contributed by atoms with van der Waals surface area (Å²) >= 11 is 12.3. The minimum atomic E-state index is -4.81. The van der Waals surface area contributed by atoms with Crippen molar-refractivity contribution in [2.75, 3.05) is 10.8 Å². The summed E-state index contributed by atoms with van der Waals surface area (Å²) in [6.07, 6.45) is -0.181. The molecule has 0 spiro atoms. The minimum Gasteiger partial charge on any atom is -0.352 e. The Morgan fingerprint density at radius 3 is 2.20 bits per heavy atom. The fourth-order valence-electron chi connectivity index (χ4n) is 5.05. The molecule has 0 bridgehead atoms. The van der Waals surface area contributed by atoms with E-state index in [-0.39, 0.29) is 22.5 Å². The molecule has 1 N–H and O–H groups in total. The van der Waals surface area contributed by atoms with Gasteiger partial charge in [-0.05, 0) is 67.8 Å². The van der Waals surface area contributed by atoms with Crippen LogP contribution >= 0.6 is 23.2 Å². The number of nitrogens with one attached hydrogen (secondary N) is 1. The molecule has 0 aliphatic heterocycles. The zero-order valence-electron chi connectivity index (χ0n) is 23.9. The molecule has 1 saturated carbocycles. The highest BCUT2D eigenvalue weighted by Crippen LogP contribution is 2.37. The van der Waals surface area contributed by atoms with Crippen LogP contribution in [0.25, 0.3) is 0 Å². The molecule has 2 amide bonds. The summed E-state index contributed by atoms with van der Waals surface area (Å²) in [4.78, 5) is 28.4. The first-order chi connectivity index (χ1) is 20.8. The highest BCUT2D eigenvalue weighted by Gasteiger charge is 2.36. The first kappa shape index (κ1) is 33.6. The van der Waals surface area contributed by atoms with Crippen molar-refractivity contribution in [1.82, 2.24) is 10.2 Å². The predicted octanol–water partition coefficient (Wildman–Crippen LogP) is 7.07. The van der Waals surface area contributed by atoms with Crippen molar-refractivity contribution >= 4 is 50.7 Å². The van der Waals surface area contributed by atoms with Gasteiger partial charge in [-0.3, -0.25) is 13.9 Å². The maximum Gasteiger partial charge on any atom is 0.416 e. The predicted molar refractivity (Wildman–Crippen MR) is 164 cm³/mol. The molecule has 7 nitrogen and oxygen atoms in total. The Bertz CT molecular complexity index is 1570. The summed E-state index contributed by atoms with van der Waals surface area (Å²) in [6, 6.07) is 14.7. The molecule has 1 aliphatic rings. The van der Waals surface area contributed by atoms with E-state index in [2.05, 4.69) is 5.32 Å². The first-order valence-electron chi connectivity index (χ1n) is 14.1. The number of carbonyl (C=O) groups excluding carboxylic acids is 2. The molecule has 0 aromatic heterocycles. The molecule has 0 heterocycles. The smallest absolute Gasteiger partial charge is 0.352 e. The lowest BCUT2D eigenvalue weighted by Crippen LogP contribution is -2.53. The zero-order chi connectivity index (χ0) is 32.1. The number of halogens is 5. The van der Waals surface area contributed by atoms with Gasteiger partial charge in [0.1, 0.15) is 12.6 Å². The summed E-state index contributed by atoms with van der Waals surface area (Å²) in [5.41, 5.74) is -1.06. The molecule has 0 saturated heterocycles. The Hall–Kier alpha value is -3.28. The van der Waals surface area contributed by atoms with Crippen LogP contribution in [0.15, 0.2) is 77.7 Å². The van der Waals surface area contributed by atoms with E-state index in [1.807, 2.05) is 0 Å². The number of anilines is 1. The van der Waals surface area contributed by atoms with Gasteiger partial charge in [-0.2, -0.15) is 13.2 Å². The third-order valence-electron chi connectivity index (χ3n) is 7.54. The van der Waals surface area contributed by atoms with Crippen LogP contribution in [0.4, 0.5) is 18.9 Å². The van der Waals surface area contributed by atoms with Crippen LogP contribution in [0.2, 0.25) is 10.0 Å². The quantitative estimate of drug-likeness (QED) is 0.250. The van der Waals surface area contributed by atoms with Crippen LogP contribution in [0.3, 0.4) is 0 Å². The average Bonchev–Trinajstić information content (AvgIpc) is 3.00. The summed E-state index contributed by atoms with van der Waals surface area (Å²) < 4.78 is 69.4. The molecular weight excluding hydrogens is 638 g/mol. The van der Waals surface area contributed by atoms with Crippen LogP contribution in [0.1, 0.15) is 50.2 Å². The summed E-state index contributed by atoms with van der Waals surface area (Å²) in [5, 5.41) is 3.14. The van der Waals surface area contributed by atoms with E-state index in [1.54, 1.807) is 30.3 Å². The second kappa shape index (κ2) is 14.2. The lowest BCUT2D eigenvalue weighted by Gasteiger charge is -2.33. The van der Waals surface area contributed by atoms with Crippen LogP contribution < -0.4 is 9.62 Å². The fraction of sp³-hybridized carbons (Fsp3) is 0.355. The molecule has 1 fully saturated rings. The zero-order valence-corrected chi connectivity index (χ0v) is 26.2. The van der Waals surface area contributed by atoms with Crippen LogP contribution in [-0.4, -0.2) is 43.8 Å². The van der Waals surface area contributed by atoms with Crippen molar-refractivity contribution in [3.8, 4) is 0 Å². The van der Waals surface area contributed by atoms with Gasteiger partial charge in [-0.1, -0.05) is 72.8 Å². The van der Waals surface area contributed by atoms with Gasteiger partial charge in [-0.15, -0.1) is 0 Å². The van der Waals surface area contributed by atoms with Gasteiger partial charge >= 0.3 is 6.18 Å². The molecule has 44 heavy (non-hydrogen) atoms. The van der Waals surface area contributed by atoms with Gasteiger partial charge in [0, 0.05) is 17.6 Å². The van der Waals surface area contributed by atoms with E-state index in [0.29, 0.717) is 21.0 Å². The van der Waals surface area contributed by atoms with E-state index in [9.17, 15) is 31.2 Å². The fourth-order valence-corrected chi connectivity index (χ4v) is 6.89. The van der Waals surface area contributed by atoms with Gasteiger partial charge in [-0.25, -0.2) is 8.42 Å². The number of hydrogen-bond acceptors (Lipinski definition) is 4. The van der Waals surface area contributed by atoms with Crippen molar-refractivity contribution in [1.29, 1.82) is 0 Å². The molecule has 1 aliphatic carbocycles. The molecule has 1 atom stereocenters. The minimum absolute atomic E-state index is 0.0509. The van der Waals surface area contributed by atoms with Crippen molar-refractivity contribution in [3.63, 3.8) is 0 Å². The van der Waals surface area contributed by atoms with E-state index in [4.69, 9.17) is 23.2 Å². The number of amides is 2. The van der Waals surface area contributed by atoms with Crippen LogP contribution in [-0.2, 0) is 32.3 Å². The van der Waals surface area contributed by atoms with Crippen molar-refractivity contribution in [2.24, 2.45) is 0 Å². The molecule has 0 unspecified atom stereocenters. The molecule has 0 radical (unpaired) electrons. The number of rotatable bonds is 10. The van der Waals surface area contributed by atoms with E-state index in [1.165, 1.54) is 36.1 Å². The Morgan fingerprint density at radius 2 is 1.59 bits per heavy atom. The first-order valence-corrected chi connectivity index (χ1v) is 16.3. The highest BCUT2D eigenvalue weighted by atomic mass is 35.5. The van der Waals surface area contributed by atoms with Crippen molar-refractivity contribution in [2.45, 2.75) is 68.7 Å². The number of sulfonamides is 1. The maximum absolute atomic E-state index is 14.1. The topological polar surface area (TPSA) is 86.8 Å². The van der Waals surface area contributed by atoms with Gasteiger partial charge in [0.15, 0.2) is 0 Å². The molecular formula is C31H32Cl2F3N3O4S. The average molecular weight is 671 g/mol. The Balaban J connectivity index is 1.74. The lowest BCUT2D eigenvalue weighted by atomic mass is 9.95. The number of nitrogens with zero attached hydrogens (tertiary/aromatic N) is 2. The second-order valence-corrected chi connectivity index (χ2v) is 13.4. The standard InChI is InChI=1S/C31H32Cl2F3N3O4S/c1-21(30(41)37-25-8-4-2-5-9-25)38(19-22-12-15-24(32)16-13-22)29(40)20-39(44(42,43)26-10-6-3-7-11-26)28-18-23(31(34,35)36)14-17-27(28)33/h3,6-7,10-18,21,25H,2,4-5,8-9,19-20H2,1H3,(H,37,41)/t21-/m0/s1. The van der Waals surface area contributed by atoms with Crippen molar-refractivity contribution < 1.29 is 31.2 Å². The number of benzene rings is 3. The van der Waals surface area contributed by atoms with Crippen LogP contribution in [0, 0.1) is 0 Å². The third-order valence-corrected chi connectivity index (χ3v) is 9.88. The van der Waals surface area contributed by atoms with E-state index < -0.39 is 51.9 Å². The molecule has 13 heteroatoms. The van der Waals surface area contributed by atoms with Gasteiger partial charge in [0.25, 0.3) is 10.0 Å². The van der Waals surface area contributed by atoms with E-state index >= 15 is 0 Å². The number of carbonyl (C=O) groups is 2. The summed E-state index contributed by atoms with van der Waals surface area (Å²) in [5.74, 6) is -1.24. The van der Waals surface area contributed by atoms with E-state index in [0.717, 1.165) is 44.2 Å². The largest absolute Gasteiger partial charge is 0.416 e. The Kier molecular flexibility index (Phi) is 10.9. The monoisotopic (exact) mass is 669 g/mol. The number of hydrogen-bond donors (Lipinski definition) is 1. The Labute approximate surface area is 265 Å². The molecule has 4 rings (SSSR count). The summed E-state index contributed by atoms with van der Waals surface area (Å²) in [6.45, 7) is 0.511. The van der Waals surface area contributed by atoms with Crippen LogP contribution in [0.5, 0.6) is 0 Å². The molecule has 3 aromatic rings. The van der Waals surface area contributed by atoms with Gasteiger partial charge in [0.05, 0.1) is 21.2 Å². The number of alkyl halides is 3. The van der Waals surface area contributed by atoms with Gasteiger partial charge < -0.3 is 10.2 Å². The van der Waals surface area contributed by atoms with Crippen molar-refractivity contribution in [3.05, 3.63) is 94.0 Å². The second-order valence-electron chi connectivity index (χ2n) is 10.7. The van der Waals surface area contributed by atoms with Gasteiger partial charge in [0.2, 0.25) is 11.8 Å². The SMILES string of the molecule is C[C@@H](C(=O)NC1CCCCC1)N(Cc1ccc(Cl)cc1)C(=O)CN(c1cc(C(F)(F)F)ccc1Cl)S(=O)(=O)c1ccccc1. The lowest BCUT2D eigenvalue weighted by molar-refractivity contribution is -0.139. The maximum atomic E-state index is 14.1. The molecule has 3 aromatic carbocycles. The molecule has 236 valence electrons.